The van der Waals surface area contributed by atoms with E-state index >= 15 is 0 Å². The maximum atomic E-state index is 12.8. The Morgan fingerprint density at radius 2 is 1.72 bits per heavy atom. The molecule has 0 bridgehead atoms. The fourth-order valence-corrected chi connectivity index (χ4v) is 3.61. The molecule has 1 aliphatic heterocycles. The molecule has 162 valence electrons. The Bertz CT molecular complexity index is 1150. The Morgan fingerprint density at radius 1 is 0.969 bits per heavy atom. The first-order valence-corrected chi connectivity index (χ1v) is 10.3. The molecule has 6 heteroatoms. The molecule has 0 saturated carbocycles. The summed E-state index contributed by atoms with van der Waals surface area (Å²) in [5.74, 6) is 0.119. The number of carbonyl (C=O) groups excluding carboxylic acids is 2. The van der Waals surface area contributed by atoms with Crippen LogP contribution in [0.3, 0.4) is 0 Å². The Morgan fingerprint density at radius 3 is 2.44 bits per heavy atom. The van der Waals surface area contributed by atoms with Gasteiger partial charge in [0, 0.05) is 0 Å². The molecule has 0 saturated heterocycles. The highest BCUT2D eigenvalue weighted by Crippen LogP contribution is 2.33. The number of hydrogen-bond donors (Lipinski definition) is 2. The van der Waals surface area contributed by atoms with E-state index in [4.69, 9.17) is 9.47 Å². The predicted molar refractivity (Wildman–Crippen MR) is 122 cm³/mol. The summed E-state index contributed by atoms with van der Waals surface area (Å²) < 4.78 is 11.0. The Hall–Kier alpha value is -4.06. The van der Waals surface area contributed by atoms with Crippen LogP contribution < -0.4 is 15.4 Å². The van der Waals surface area contributed by atoms with Gasteiger partial charge in [0.1, 0.15) is 12.4 Å². The van der Waals surface area contributed by atoms with Gasteiger partial charge in [0.25, 0.3) is 0 Å². The van der Waals surface area contributed by atoms with Gasteiger partial charge in [-0.2, -0.15) is 0 Å². The molecular formula is C26H24N2O4. The number of aryl methyl sites for hydroxylation is 1. The van der Waals surface area contributed by atoms with Crippen LogP contribution in [0.1, 0.15) is 28.3 Å². The summed E-state index contributed by atoms with van der Waals surface area (Å²) >= 11 is 0. The molecule has 0 spiro atoms. The van der Waals surface area contributed by atoms with Crippen LogP contribution in [0.25, 0.3) is 5.70 Å². The van der Waals surface area contributed by atoms with Crippen LogP contribution in [0, 0.1) is 6.92 Å². The molecule has 6 nitrogen and oxygen atoms in total. The lowest BCUT2D eigenvalue weighted by atomic mass is 9.92. The van der Waals surface area contributed by atoms with E-state index in [9.17, 15) is 9.59 Å². The van der Waals surface area contributed by atoms with E-state index < -0.39 is 18.0 Å². The van der Waals surface area contributed by atoms with Crippen LogP contribution in [0.15, 0.2) is 84.4 Å². The molecule has 0 radical (unpaired) electrons. The highest BCUT2D eigenvalue weighted by atomic mass is 16.5. The summed E-state index contributed by atoms with van der Waals surface area (Å²) in [6.07, 6.45) is 0. The van der Waals surface area contributed by atoms with Crippen LogP contribution in [0.2, 0.25) is 0 Å². The van der Waals surface area contributed by atoms with Crippen molar-refractivity contribution >= 4 is 17.7 Å². The Kier molecular flexibility index (Phi) is 6.22. The first-order chi connectivity index (χ1) is 15.5. The summed E-state index contributed by atoms with van der Waals surface area (Å²) in [5, 5.41) is 5.60. The SMILES string of the molecule is COC(=O)C1=C(c2ccccc2)NC(=O)NC1c1cccc(OCc2ccc(C)cc2)c1. The standard InChI is InChI=1S/C26H24N2O4/c1-17-11-13-18(14-12-17)16-32-21-10-6-9-20(15-21)24-22(25(29)31-2)23(27-26(30)28-24)19-7-4-3-5-8-19/h3-15,24H,16H2,1-2H3,(H2,27,28,30). The van der Waals surface area contributed by atoms with Gasteiger partial charge in [0.05, 0.1) is 24.4 Å². The first-order valence-electron chi connectivity index (χ1n) is 10.3. The normalized spacial score (nSPS) is 15.6. The number of carbonyl (C=O) groups is 2. The number of ether oxygens (including phenoxy) is 2. The van der Waals surface area contributed by atoms with Crippen molar-refractivity contribution in [1.82, 2.24) is 10.6 Å². The Balaban J connectivity index is 1.67. The lowest BCUT2D eigenvalue weighted by Crippen LogP contribution is -2.45. The van der Waals surface area contributed by atoms with E-state index in [0.29, 0.717) is 23.6 Å². The summed E-state index contributed by atoms with van der Waals surface area (Å²) in [4.78, 5) is 25.2. The van der Waals surface area contributed by atoms with Gasteiger partial charge in [-0.25, -0.2) is 9.59 Å². The van der Waals surface area contributed by atoms with Gasteiger partial charge in [-0.3, -0.25) is 0 Å². The van der Waals surface area contributed by atoms with Crippen LogP contribution >= 0.6 is 0 Å². The monoisotopic (exact) mass is 428 g/mol. The zero-order valence-electron chi connectivity index (χ0n) is 17.9. The number of methoxy groups -OCH3 is 1. The number of rotatable bonds is 6. The van der Waals surface area contributed by atoms with Crippen molar-refractivity contribution < 1.29 is 19.1 Å². The van der Waals surface area contributed by atoms with Crippen molar-refractivity contribution in [2.45, 2.75) is 19.6 Å². The zero-order chi connectivity index (χ0) is 22.5. The fraction of sp³-hybridized carbons (Fsp3) is 0.154. The van der Waals surface area contributed by atoms with Gasteiger partial charge in [0.15, 0.2) is 0 Å². The minimum absolute atomic E-state index is 0.328. The molecule has 1 atom stereocenters. The van der Waals surface area contributed by atoms with Crippen molar-refractivity contribution in [3.05, 3.63) is 107 Å². The lowest BCUT2D eigenvalue weighted by molar-refractivity contribution is -0.136. The average Bonchev–Trinajstić information content (AvgIpc) is 2.83. The maximum absolute atomic E-state index is 12.8. The van der Waals surface area contributed by atoms with Crippen LogP contribution in [0.4, 0.5) is 4.79 Å². The van der Waals surface area contributed by atoms with Gasteiger partial charge in [0.2, 0.25) is 0 Å². The quantitative estimate of drug-likeness (QED) is 0.567. The fourth-order valence-electron chi connectivity index (χ4n) is 3.61. The average molecular weight is 428 g/mol. The molecule has 0 aromatic heterocycles. The van der Waals surface area contributed by atoms with Gasteiger partial charge in [-0.05, 0) is 35.7 Å². The van der Waals surface area contributed by atoms with Crippen molar-refractivity contribution in [3.8, 4) is 5.75 Å². The third kappa shape index (κ3) is 4.64. The van der Waals surface area contributed by atoms with Gasteiger partial charge >= 0.3 is 12.0 Å². The predicted octanol–water partition coefficient (Wildman–Crippen LogP) is 4.51. The van der Waals surface area contributed by atoms with Crippen molar-refractivity contribution in [2.75, 3.05) is 7.11 Å². The summed E-state index contributed by atoms with van der Waals surface area (Å²) in [5.41, 5.74) is 4.44. The van der Waals surface area contributed by atoms with E-state index in [1.54, 1.807) is 0 Å². The first kappa shape index (κ1) is 21.2. The summed E-state index contributed by atoms with van der Waals surface area (Å²) in [7, 11) is 1.33. The van der Waals surface area contributed by atoms with E-state index in [1.165, 1.54) is 12.7 Å². The molecule has 0 fully saturated rings. The van der Waals surface area contributed by atoms with Crippen molar-refractivity contribution in [3.63, 3.8) is 0 Å². The molecule has 3 aromatic carbocycles. The topological polar surface area (TPSA) is 76.7 Å². The number of esters is 1. The molecule has 1 unspecified atom stereocenters. The van der Waals surface area contributed by atoms with Gasteiger partial charge in [-0.1, -0.05) is 72.3 Å². The van der Waals surface area contributed by atoms with E-state index in [2.05, 4.69) is 10.6 Å². The molecule has 1 aliphatic rings. The third-order valence-electron chi connectivity index (χ3n) is 5.26. The highest BCUT2D eigenvalue weighted by Gasteiger charge is 2.34. The lowest BCUT2D eigenvalue weighted by Gasteiger charge is -2.29. The molecule has 2 amide bonds. The number of hydrogen-bond acceptors (Lipinski definition) is 4. The van der Waals surface area contributed by atoms with Crippen molar-refractivity contribution in [1.29, 1.82) is 0 Å². The smallest absolute Gasteiger partial charge is 0.338 e. The van der Waals surface area contributed by atoms with Gasteiger partial charge < -0.3 is 20.1 Å². The largest absolute Gasteiger partial charge is 0.489 e. The van der Waals surface area contributed by atoms with E-state index in [-0.39, 0.29) is 0 Å². The number of benzene rings is 3. The second-order valence-corrected chi connectivity index (χ2v) is 7.52. The number of urea groups is 1. The van der Waals surface area contributed by atoms with Gasteiger partial charge in [-0.15, -0.1) is 0 Å². The molecule has 1 heterocycles. The van der Waals surface area contributed by atoms with Crippen LogP contribution in [-0.4, -0.2) is 19.1 Å². The molecule has 4 rings (SSSR count). The number of amides is 2. The molecule has 0 aliphatic carbocycles. The minimum atomic E-state index is -0.686. The second kappa shape index (κ2) is 9.39. The molecule has 3 aromatic rings. The molecule has 32 heavy (non-hydrogen) atoms. The van der Waals surface area contributed by atoms with Crippen molar-refractivity contribution in [2.24, 2.45) is 0 Å². The highest BCUT2D eigenvalue weighted by molar-refractivity contribution is 6.04. The summed E-state index contributed by atoms with van der Waals surface area (Å²) in [6, 6.07) is 23.6. The minimum Gasteiger partial charge on any atom is -0.489 e. The molecular weight excluding hydrogens is 404 g/mol. The summed E-state index contributed by atoms with van der Waals surface area (Å²) in [6.45, 7) is 2.45. The second-order valence-electron chi connectivity index (χ2n) is 7.52. The zero-order valence-corrected chi connectivity index (χ0v) is 17.9. The maximum Gasteiger partial charge on any atom is 0.338 e. The van der Waals surface area contributed by atoms with E-state index in [0.717, 1.165) is 16.7 Å². The van der Waals surface area contributed by atoms with Crippen LogP contribution in [0.5, 0.6) is 5.75 Å². The van der Waals surface area contributed by atoms with Crippen LogP contribution in [-0.2, 0) is 16.1 Å². The number of nitrogens with one attached hydrogen (secondary N) is 2. The van der Waals surface area contributed by atoms with E-state index in [1.807, 2.05) is 85.8 Å². The molecule has 2 N–H and O–H groups in total. The Labute approximate surface area is 186 Å². The third-order valence-corrected chi connectivity index (χ3v) is 5.26.